The summed E-state index contributed by atoms with van der Waals surface area (Å²) < 4.78 is 1.64. The van der Waals surface area contributed by atoms with Crippen molar-refractivity contribution in [3.8, 4) is 0 Å². The van der Waals surface area contributed by atoms with E-state index in [0.717, 1.165) is 26.0 Å². The number of anilines is 1. The van der Waals surface area contributed by atoms with Gasteiger partial charge in [-0.15, -0.1) is 11.3 Å². The predicted octanol–water partition coefficient (Wildman–Crippen LogP) is 4.63. The van der Waals surface area contributed by atoms with Crippen LogP contribution in [0.5, 0.6) is 0 Å². The summed E-state index contributed by atoms with van der Waals surface area (Å²) in [7, 11) is 0. The van der Waals surface area contributed by atoms with E-state index < -0.39 is 5.97 Å². The Bertz CT molecular complexity index is 610. The minimum atomic E-state index is -1.01. The second kappa shape index (κ2) is 6.21. The first-order valence-corrected chi connectivity index (χ1v) is 7.88. The molecule has 0 unspecified atom stereocenters. The fourth-order valence-corrected chi connectivity index (χ4v) is 3.98. The average Bonchev–Trinajstić information content (AvgIpc) is 2.76. The molecule has 1 aromatic heterocycles. The van der Waals surface area contributed by atoms with Gasteiger partial charge in [0.2, 0.25) is 5.01 Å². The summed E-state index contributed by atoms with van der Waals surface area (Å²) >= 11 is 13.8. The lowest BCUT2D eigenvalue weighted by Crippen LogP contribution is -2.02. The normalized spacial score (nSPS) is 10.5. The van der Waals surface area contributed by atoms with E-state index >= 15 is 0 Å². The molecule has 2 aromatic rings. The second-order valence-electron chi connectivity index (χ2n) is 3.55. The quantitative estimate of drug-likeness (QED) is 0.748. The van der Waals surface area contributed by atoms with Gasteiger partial charge in [-0.05, 0) is 44.0 Å². The molecule has 0 saturated heterocycles. The number of nitrogens with zero attached hydrogens (tertiary/aromatic N) is 1. The molecule has 1 heterocycles. The van der Waals surface area contributed by atoms with Crippen molar-refractivity contribution in [2.75, 3.05) is 5.32 Å². The van der Waals surface area contributed by atoms with Crippen molar-refractivity contribution >= 4 is 66.5 Å². The lowest BCUT2D eigenvalue weighted by Gasteiger charge is -2.10. The Morgan fingerprint density at radius 1 is 1.42 bits per heavy atom. The third kappa shape index (κ3) is 3.68. The molecule has 0 saturated carbocycles. The summed E-state index contributed by atoms with van der Waals surface area (Å²) in [6.07, 6.45) is 0. The number of aromatic nitrogens is 1. The first-order chi connectivity index (χ1) is 8.97. The number of carbonyl (C=O) groups is 1. The van der Waals surface area contributed by atoms with Crippen LogP contribution < -0.4 is 5.32 Å². The Labute approximate surface area is 135 Å². The van der Waals surface area contributed by atoms with Crippen molar-refractivity contribution in [2.45, 2.75) is 6.54 Å². The predicted molar refractivity (Wildman–Crippen MR) is 83.3 cm³/mol. The highest BCUT2D eigenvalue weighted by Gasteiger charge is 2.10. The fourth-order valence-electron chi connectivity index (χ4n) is 1.38. The summed E-state index contributed by atoms with van der Waals surface area (Å²) in [6.45, 7) is 0.433. The van der Waals surface area contributed by atoms with Crippen LogP contribution in [0.25, 0.3) is 0 Å². The summed E-state index contributed by atoms with van der Waals surface area (Å²) in [4.78, 5) is 14.7. The van der Waals surface area contributed by atoms with Gasteiger partial charge in [-0.1, -0.05) is 11.6 Å². The van der Waals surface area contributed by atoms with Crippen LogP contribution in [-0.2, 0) is 6.54 Å². The number of thiazole rings is 1. The zero-order valence-corrected chi connectivity index (χ0v) is 14.0. The van der Waals surface area contributed by atoms with Gasteiger partial charge in [0, 0.05) is 19.3 Å². The van der Waals surface area contributed by atoms with Crippen molar-refractivity contribution in [1.82, 2.24) is 4.98 Å². The van der Waals surface area contributed by atoms with Crippen LogP contribution in [-0.4, -0.2) is 16.1 Å². The van der Waals surface area contributed by atoms with E-state index in [2.05, 4.69) is 42.2 Å². The summed E-state index contributed by atoms with van der Waals surface area (Å²) in [5, 5.41) is 14.4. The molecule has 0 atom stereocenters. The molecule has 0 amide bonds. The zero-order valence-electron chi connectivity index (χ0n) is 9.28. The van der Waals surface area contributed by atoms with Crippen molar-refractivity contribution in [1.29, 1.82) is 0 Å². The fraction of sp³-hybridized carbons (Fsp3) is 0.0909. The molecule has 2 N–H and O–H groups in total. The van der Waals surface area contributed by atoms with E-state index in [0.29, 0.717) is 17.3 Å². The largest absolute Gasteiger partial charge is 0.476 e. The molecule has 19 heavy (non-hydrogen) atoms. The van der Waals surface area contributed by atoms with Crippen LogP contribution in [0.3, 0.4) is 0 Å². The van der Waals surface area contributed by atoms with Crippen LogP contribution in [0.15, 0.2) is 26.5 Å². The van der Waals surface area contributed by atoms with Crippen LogP contribution >= 0.6 is 54.8 Å². The zero-order chi connectivity index (χ0) is 14.0. The van der Waals surface area contributed by atoms with E-state index in [-0.39, 0.29) is 5.01 Å². The minimum Gasteiger partial charge on any atom is -0.476 e. The number of hydrogen-bond donors (Lipinski definition) is 2. The van der Waals surface area contributed by atoms with E-state index in [9.17, 15) is 4.79 Å². The summed E-state index contributed by atoms with van der Waals surface area (Å²) in [5.74, 6) is -1.01. The third-order valence-corrected chi connectivity index (χ3v) is 4.54. The van der Waals surface area contributed by atoms with Gasteiger partial charge in [-0.25, -0.2) is 9.78 Å². The second-order valence-corrected chi connectivity index (χ2v) is 6.55. The van der Waals surface area contributed by atoms with Crippen LogP contribution in [0, 0.1) is 0 Å². The SMILES string of the molecule is O=C(O)c1nc(CNc2c(Br)cc(Cl)cc2Br)cs1. The highest BCUT2D eigenvalue weighted by Crippen LogP contribution is 2.34. The lowest BCUT2D eigenvalue weighted by atomic mass is 10.3. The van der Waals surface area contributed by atoms with Crippen molar-refractivity contribution in [3.05, 3.63) is 42.2 Å². The Hall–Kier alpha value is -0.630. The number of aromatic carboxylic acids is 1. The monoisotopic (exact) mass is 424 g/mol. The number of halogens is 3. The first kappa shape index (κ1) is 14.8. The van der Waals surface area contributed by atoms with Crippen molar-refractivity contribution < 1.29 is 9.90 Å². The molecule has 4 nitrogen and oxygen atoms in total. The molecule has 0 spiro atoms. The van der Waals surface area contributed by atoms with Crippen molar-refractivity contribution in [3.63, 3.8) is 0 Å². The topological polar surface area (TPSA) is 62.2 Å². The van der Waals surface area contributed by atoms with Crippen LogP contribution in [0.2, 0.25) is 5.02 Å². The molecule has 8 heteroatoms. The number of benzene rings is 1. The van der Waals surface area contributed by atoms with E-state index in [1.165, 1.54) is 0 Å². The number of hydrogen-bond acceptors (Lipinski definition) is 4. The minimum absolute atomic E-state index is 0.0889. The Morgan fingerprint density at radius 3 is 2.58 bits per heavy atom. The molecule has 0 fully saturated rings. The Kier molecular flexibility index (Phi) is 4.83. The molecule has 0 bridgehead atoms. The van der Waals surface area contributed by atoms with Gasteiger partial charge in [-0.2, -0.15) is 0 Å². The van der Waals surface area contributed by atoms with E-state index in [4.69, 9.17) is 16.7 Å². The van der Waals surface area contributed by atoms with Gasteiger partial charge >= 0.3 is 5.97 Å². The highest BCUT2D eigenvalue weighted by atomic mass is 79.9. The van der Waals surface area contributed by atoms with Gasteiger partial charge in [0.1, 0.15) is 0 Å². The standard InChI is InChI=1S/C11H7Br2ClN2O2S/c12-7-1-5(14)2-8(13)9(7)15-3-6-4-19-10(16-6)11(17)18/h1-2,4,15H,3H2,(H,17,18). The number of nitrogens with one attached hydrogen (secondary N) is 1. The molecule has 0 aliphatic carbocycles. The van der Waals surface area contributed by atoms with Gasteiger partial charge in [0.15, 0.2) is 0 Å². The maximum Gasteiger partial charge on any atom is 0.365 e. The maximum absolute atomic E-state index is 10.7. The van der Waals surface area contributed by atoms with Gasteiger partial charge in [-0.3, -0.25) is 0 Å². The lowest BCUT2D eigenvalue weighted by molar-refractivity contribution is 0.0696. The van der Waals surface area contributed by atoms with Crippen LogP contribution in [0.1, 0.15) is 15.5 Å². The molecule has 0 aliphatic rings. The maximum atomic E-state index is 10.7. The Balaban J connectivity index is 2.12. The highest BCUT2D eigenvalue weighted by molar-refractivity contribution is 9.11. The molecule has 1 aromatic carbocycles. The Morgan fingerprint density at radius 2 is 2.05 bits per heavy atom. The van der Waals surface area contributed by atoms with E-state index in [1.807, 2.05) is 0 Å². The number of rotatable bonds is 4. The molecule has 0 radical (unpaired) electrons. The van der Waals surface area contributed by atoms with Crippen LogP contribution in [0.4, 0.5) is 5.69 Å². The molecule has 100 valence electrons. The number of carboxylic acid groups (broad SMARTS) is 1. The molecule has 2 rings (SSSR count). The van der Waals surface area contributed by atoms with Gasteiger partial charge < -0.3 is 10.4 Å². The molecule has 0 aliphatic heterocycles. The van der Waals surface area contributed by atoms with Crippen molar-refractivity contribution in [2.24, 2.45) is 0 Å². The average molecular weight is 427 g/mol. The summed E-state index contributed by atoms with van der Waals surface area (Å²) in [6, 6.07) is 3.55. The number of carboxylic acids is 1. The molecular weight excluding hydrogens is 419 g/mol. The molecular formula is C11H7Br2ClN2O2S. The van der Waals surface area contributed by atoms with E-state index in [1.54, 1.807) is 17.5 Å². The third-order valence-electron chi connectivity index (χ3n) is 2.19. The first-order valence-electron chi connectivity index (χ1n) is 5.03. The smallest absolute Gasteiger partial charge is 0.365 e. The van der Waals surface area contributed by atoms with Gasteiger partial charge in [0.05, 0.1) is 17.9 Å². The summed E-state index contributed by atoms with van der Waals surface area (Å²) in [5.41, 5.74) is 1.52. The van der Waals surface area contributed by atoms with Gasteiger partial charge in [0.25, 0.3) is 0 Å².